The number of carbonyl (C=O) groups excluding carboxylic acids is 4. The SMILES string of the molecule is CC1CCC=CC2CC2(C(=O)NS(=O)(=O)C2(CF)CC2)NC(=O)C2CC(Oc3nccc4c5c(ccc34)CCCO5)CN2C(=O)C(NC(=O)OC(C)(C)C(F)(F)F)C(C)C1. The first-order valence-corrected chi connectivity index (χ1v) is 21.9. The summed E-state index contributed by atoms with van der Waals surface area (Å²) in [4.78, 5) is 62.1. The van der Waals surface area contributed by atoms with Crippen LogP contribution in [0, 0.1) is 17.8 Å². The van der Waals surface area contributed by atoms with Crippen LogP contribution in [-0.2, 0) is 35.6 Å². The first-order valence-electron chi connectivity index (χ1n) is 20.4. The van der Waals surface area contributed by atoms with Gasteiger partial charge in [0.05, 0.1) is 13.2 Å². The lowest BCUT2D eigenvalue weighted by Crippen LogP contribution is -2.60. The molecule has 2 saturated carbocycles. The number of hydrogen-bond donors (Lipinski definition) is 3. The zero-order valence-corrected chi connectivity index (χ0v) is 34.7. The fourth-order valence-electron chi connectivity index (χ4n) is 8.50. The summed E-state index contributed by atoms with van der Waals surface area (Å²) in [6.45, 7) is 4.06. The molecule has 5 aliphatic rings. The number of pyridine rings is 1. The number of sulfonamides is 1. The smallest absolute Gasteiger partial charge is 0.427 e. The van der Waals surface area contributed by atoms with Gasteiger partial charge in [0.1, 0.15) is 40.9 Å². The minimum atomic E-state index is -4.93. The quantitative estimate of drug-likeness (QED) is 0.236. The molecule has 14 nitrogen and oxygen atoms in total. The van der Waals surface area contributed by atoms with Gasteiger partial charge in [0.25, 0.3) is 5.91 Å². The summed E-state index contributed by atoms with van der Waals surface area (Å²) in [7, 11) is -4.46. The number of allylic oxidation sites excluding steroid dienone is 1. The number of alkyl carbamates (subject to hydrolysis) is 1. The Morgan fingerprint density at radius 1 is 1.10 bits per heavy atom. The Morgan fingerprint density at radius 3 is 2.55 bits per heavy atom. The number of ether oxygens (including phenoxy) is 3. The van der Waals surface area contributed by atoms with Crippen molar-refractivity contribution in [3.63, 3.8) is 0 Å². The average molecular weight is 866 g/mol. The number of hydrogen-bond acceptors (Lipinski definition) is 10. The van der Waals surface area contributed by atoms with Gasteiger partial charge in [-0.1, -0.05) is 32.1 Å². The molecular formula is C41H51F4N5O9S. The van der Waals surface area contributed by atoms with Crippen LogP contribution in [-0.4, -0.2) is 102 Å². The number of alkyl halides is 4. The molecule has 4 amide bonds. The molecule has 0 radical (unpaired) electrons. The van der Waals surface area contributed by atoms with Gasteiger partial charge >= 0.3 is 12.3 Å². The first-order chi connectivity index (χ1) is 28.2. The van der Waals surface area contributed by atoms with E-state index < -0.39 is 92.6 Å². The van der Waals surface area contributed by atoms with Gasteiger partial charge in [-0.15, -0.1) is 0 Å². The monoisotopic (exact) mass is 865 g/mol. The van der Waals surface area contributed by atoms with Crippen molar-refractivity contribution in [1.29, 1.82) is 0 Å². The minimum Gasteiger partial charge on any atom is -0.493 e. The molecule has 1 aromatic carbocycles. The molecule has 60 heavy (non-hydrogen) atoms. The molecular weight excluding hydrogens is 815 g/mol. The maximum absolute atomic E-state index is 14.8. The van der Waals surface area contributed by atoms with E-state index >= 15 is 0 Å². The zero-order valence-electron chi connectivity index (χ0n) is 33.9. The van der Waals surface area contributed by atoms with Crippen LogP contribution in [0.1, 0.15) is 84.6 Å². The number of fused-ring (bicyclic) bond motifs is 5. The predicted molar refractivity (Wildman–Crippen MR) is 209 cm³/mol. The topological polar surface area (TPSA) is 182 Å². The van der Waals surface area contributed by atoms with Gasteiger partial charge < -0.3 is 29.7 Å². The molecule has 3 fully saturated rings. The van der Waals surface area contributed by atoms with Crippen LogP contribution >= 0.6 is 0 Å². The van der Waals surface area contributed by atoms with Gasteiger partial charge in [-0.25, -0.2) is 22.6 Å². The Labute approximate surface area is 345 Å². The number of rotatable bonds is 8. The van der Waals surface area contributed by atoms with E-state index in [4.69, 9.17) is 14.2 Å². The van der Waals surface area contributed by atoms with Crippen LogP contribution < -0.4 is 24.8 Å². The Morgan fingerprint density at radius 2 is 1.85 bits per heavy atom. The summed E-state index contributed by atoms with van der Waals surface area (Å²) < 4.78 is 99.1. The van der Waals surface area contributed by atoms with Crippen LogP contribution in [0.5, 0.6) is 11.6 Å². The van der Waals surface area contributed by atoms with E-state index in [1.165, 1.54) is 0 Å². The Hall–Kier alpha value is -4.68. The molecule has 3 N–H and O–H groups in total. The van der Waals surface area contributed by atoms with Gasteiger partial charge in [-0.05, 0) is 94.7 Å². The fraction of sp³-hybridized carbons (Fsp3) is 0.634. The molecule has 2 aromatic rings. The van der Waals surface area contributed by atoms with E-state index in [0.717, 1.165) is 28.7 Å². The fourth-order valence-corrected chi connectivity index (χ4v) is 9.92. The highest BCUT2D eigenvalue weighted by atomic mass is 32.2. The number of halogens is 4. The highest BCUT2D eigenvalue weighted by Crippen LogP contribution is 2.48. The number of benzene rings is 1. The highest BCUT2D eigenvalue weighted by Gasteiger charge is 2.64. The molecule has 0 bridgehead atoms. The summed E-state index contributed by atoms with van der Waals surface area (Å²) in [5, 5.41) is 6.47. The van der Waals surface area contributed by atoms with E-state index in [9.17, 15) is 45.2 Å². The number of nitrogens with one attached hydrogen (secondary N) is 3. The van der Waals surface area contributed by atoms with Crippen molar-refractivity contribution in [3.8, 4) is 11.6 Å². The number of carbonyl (C=O) groups is 4. The third kappa shape index (κ3) is 8.34. The molecule has 3 aliphatic heterocycles. The lowest BCUT2D eigenvalue weighted by atomic mass is 9.88. The number of aryl methyl sites for hydroxylation is 1. The average Bonchev–Trinajstić information content (AvgIpc) is 4.09. The second-order valence-electron chi connectivity index (χ2n) is 17.6. The third-order valence-electron chi connectivity index (χ3n) is 12.6. The Bertz CT molecular complexity index is 2180. The summed E-state index contributed by atoms with van der Waals surface area (Å²) in [5.74, 6) is -3.17. The van der Waals surface area contributed by atoms with Crippen LogP contribution in [0.15, 0.2) is 36.5 Å². The Kier molecular flexibility index (Phi) is 11.6. The molecule has 0 spiro atoms. The predicted octanol–water partition coefficient (Wildman–Crippen LogP) is 5.18. The molecule has 7 unspecified atom stereocenters. The maximum atomic E-state index is 14.8. The van der Waals surface area contributed by atoms with Crippen molar-refractivity contribution in [3.05, 3.63) is 42.1 Å². The molecule has 1 saturated heterocycles. The molecule has 19 heteroatoms. The lowest BCUT2D eigenvalue weighted by Gasteiger charge is -2.34. The molecule has 4 heterocycles. The third-order valence-corrected chi connectivity index (χ3v) is 14.7. The molecule has 328 valence electrons. The lowest BCUT2D eigenvalue weighted by molar-refractivity contribution is -0.244. The molecule has 2 aliphatic carbocycles. The van der Waals surface area contributed by atoms with Crippen molar-refractivity contribution in [2.75, 3.05) is 19.8 Å². The summed E-state index contributed by atoms with van der Waals surface area (Å²) >= 11 is 0. The van der Waals surface area contributed by atoms with Gasteiger partial charge in [-0.3, -0.25) is 19.1 Å². The van der Waals surface area contributed by atoms with Gasteiger partial charge in [-0.2, -0.15) is 13.2 Å². The number of aromatic nitrogens is 1. The van der Waals surface area contributed by atoms with Gasteiger partial charge in [0.2, 0.25) is 33.3 Å². The van der Waals surface area contributed by atoms with Crippen LogP contribution in [0.3, 0.4) is 0 Å². The van der Waals surface area contributed by atoms with Crippen LogP contribution in [0.25, 0.3) is 10.8 Å². The normalized spacial score (nSPS) is 29.4. The number of amides is 4. The van der Waals surface area contributed by atoms with Crippen molar-refractivity contribution >= 4 is 44.6 Å². The van der Waals surface area contributed by atoms with Gasteiger partial charge in [0, 0.05) is 29.3 Å². The van der Waals surface area contributed by atoms with E-state index in [-0.39, 0.29) is 44.0 Å². The van der Waals surface area contributed by atoms with Crippen LogP contribution in [0.4, 0.5) is 22.4 Å². The molecule has 7 rings (SSSR count). The molecule has 1 aromatic heterocycles. The van der Waals surface area contributed by atoms with Crippen LogP contribution in [0.2, 0.25) is 0 Å². The van der Waals surface area contributed by atoms with Crippen molar-refractivity contribution in [2.45, 2.75) is 126 Å². The second kappa shape index (κ2) is 16.0. The van der Waals surface area contributed by atoms with E-state index in [1.807, 2.05) is 29.9 Å². The summed E-state index contributed by atoms with van der Waals surface area (Å²) in [5.41, 5.74) is -3.64. The minimum absolute atomic E-state index is 0.0176. The summed E-state index contributed by atoms with van der Waals surface area (Å²) in [6.07, 6.45) is 0.800. The maximum Gasteiger partial charge on any atom is 0.427 e. The van der Waals surface area contributed by atoms with Crippen molar-refractivity contribution in [1.82, 2.24) is 25.2 Å². The van der Waals surface area contributed by atoms with E-state index in [2.05, 4.69) is 15.6 Å². The van der Waals surface area contributed by atoms with Crippen molar-refractivity contribution in [2.24, 2.45) is 17.8 Å². The Balaban J connectivity index is 1.23. The van der Waals surface area contributed by atoms with E-state index in [1.54, 1.807) is 25.3 Å². The largest absolute Gasteiger partial charge is 0.493 e. The first kappa shape index (κ1) is 43.4. The highest BCUT2D eigenvalue weighted by molar-refractivity contribution is 7.91. The van der Waals surface area contributed by atoms with Gasteiger partial charge in [0.15, 0.2) is 0 Å². The number of nitrogens with zero attached hydrogens (tertiary/aromatic N) is 2. The zero-order chi connectivity index (χ0) is 43.4. The summed E-state index contributed by atoms with van der Waals surface area (Å²) in [6, 6.07) is 2.72. The van der Waals surface area contributed by atoms with E-state index in [0.29, 0.717) is 50.9 Å². The standard InChI is InChI=1S/C41H51F4N5O9S/c1-23-8-5-6-10-26-20-40(26,36(53)49-60(55,56)39(22-42)14-15-39)48-33(51)30-19-27(58-34-29-12-11-25-9-7-17-57-32(25)28(29)13-16-46-34)21-50(30)35(52)31(24(2)18-23)47-37(54)59-38(3,4)41(43,44)45/h6,10-13,16,23-24,26-27,30-31H,5,7-9,14-15,17-22H2,1-4H3,(H,47,54)(H,48,51)(H,49,53). The molecule has 7 atom stereocenters. The second-order valence-corrected chi connectivity index (χ2v) is 19.6. The van der Waals surface area contributed by atoms with Crippen molar-refractivity contribution < 1.29 is 59.4 Å².